The second kappa shape index (κ2) is 4.23. The van der Waals surface area contributed by atoms with E-state index < -0.39 is 23.3 Å². The van der Waals surface area contributed by atoms with E-state index in [-0.39, 0.29) is 16.6 Å². The summed E-state index contributed by atoms with van der Waals surface area (Å²) in [5.41, 5.74) is -0.209. The minimum atomic E-state index is -0.909. The fourth-order valence-corrected chi connectivity index (χ4v) is 1.56. The van der Waals surface area contributed by atoms with Crippen LogP contribution in [-0.2, 0) is 0 Å². The molecule has 0 bridgehead atoms. The molecule has 0 fully saturated rings. The number of aliphatic hydroxyl groups excluding tert-OH is 1. The molecule has 1 aromatic carbocycles. The summed E-state index contributed by atoms with van der Waals surface area (Å²) in [6.45, 7) is 1.13. The summed E-state index contributed by atoms with van der Waals surface area (Å²) in [5, 5.41) is 18.1. The summed E-state index contributed by atoms with van der Waals surface area (Å²) >= 11 is 2.82. The Bertz CT molecular complexity index is 329. The van der Waals surface area contributed by atoms with E-state index >= 15 is 0 Å². The normalized spacial score (nSPS) is 12.9. The Hall–Kier alpha value is -0.680. The second-order valence-electron chi connectivity index (χ2n) is 3.00. The minimum Gasteiger partial charge on any atom is -0.505 e. The summed E-state index contributed by atoms with van der Waals surface area (Å²) in [7, 11) is 0. The molecule has 1 unspecified atom stereocenters. The maximum atomic E-state index is 13.4. The molecule has 1 rings (SSSR count). The van der Waals surface area contributed by atoms with E-state index in [0.29, 0.717) is 0 Å². The first kappa shape index (κ1) is 11.4. The SMILES string of the molecule is CC(CO)c1c(O)c(F)cc(Br)c1F. The van der Waals surface area contributed by atoms with Crippen LogP contribution in [-0.4, -0.2) is 16.8 Å². The van der Waals surface area contributed by atoms with Gasteiger partial charge in [-0.3, -0.25) is 0 Å². The number of benzene rings is 1. The fraction of sp³-hybridized carbons (Fsp3) is 0.333. The number of aliphatic hydroxyl groups is 1. The average molecular weight is 267 g/mol. The molecule has 5 heteroatoms. The standard InChI is InChI=1S/C9H9BrF2O2/c1-4(3-13)7-8(12)5(10)2-6(11)9(7)14/h2,4,13-14H,3H2,1H3. The highest BCUT2D eigenvalue weighted by Crippen LogP contribution is 2.34. The third kappa shape index (κ3) is 1.88. The van der Waals surface area contributed by atoms with Crippen molar-refractivity contribution in [1.29, 1.82) is 0 Å². The number of phenols is 1. The van der Waals surface area contributed by atoms with Crippen LogP contribution in [0.3, 0.4) is 0 Å². The third-order valence-electron chi connectivity index (χ3n) is 1.95. The van der Waals surface area contributed by atoms with Gasteiger partial charge in [-0.2, -0.15) is 0 Å². The Morgan fingerprint density at radius 2 is 2.07 bits per heavy atom. The molecule has 2 N–H and O–H groups in total. The molecule has 0 saturated heterocycles. The molecule has 0 radical (unpaired) electrons. The molecule has 0 spiro atoms. The Balaban J connectivity index is 3.39. The topological polar surface area (TPSA) is 40.5 Å². The van der Waals surface area contributed by atoms with Gasteiger partial charge in [0.15, 0.2) is 11.6 Å². The number of halogens is 3. The highest BCUT2D eigenvalue weighted by molar-refractivity contribution is 9.10. The van der Waals surface area contributed by atoms with Gasteiger partial charge in [-0.1, -0.05) is 6.92 Å². The van der Waals surface area contributed by atoms with Crippen LogP contribution in [0.1, 0.15) is 18.4 Å². The van der Waals surface area contributed by atoms with Crippen molar-refractivity contribution in [2.75, 3.05) is 6.61 Å². The highest BCUT2D eigenvalue weighted by atomic mass is 79.9. The lowest BCUT2D eigenvalue weighted by atomic mass is 10.0. The molecule has 0 saturated carbocycles. The molecule has 0 aliphatic carbocycles. The van der Waals surface area contributed by atoms with E-state index in [1.807, 2.05) is 0 Å². The lowest BCUT2D eigenvalue weighted by molar-refractivity contribution is 0.266. The zero-order valence-electron chi connectivity index (χ0n) is 7.39. The van der Waals surface area contributed by atoms with E-state index in [2.05, 4.69) is 15.9 Å². The summed E-state index contributed by atoms with van der Waals surface area (Å²) in [5.74, 6) is -3.05. The summed E-state index contributed by atoms with van der Waals surface area (Å²) < 4.78 is 26.3. The zero-order chi connectivity index (χ0) is 10.9. The highest BCUT2D eigenvalue weighted by Gasteiger charge is 2.21. The van der Waals surface area contributed by atoms with Gasteiger partial charge < -0.3 is 10.2 Å². The van der Waals surface area contributed by atoms with Crippen molar-refractivity contribution in [2.24, 2.45) is 0 Å². The van der Waals surface area contributed by atoms with Crippen LogP contribution in [0, 0.1) is 11.6 Å². The molecule has 14 heavy (non-hydrogen) atoms. The Morgan fingerprint density at radius 1 is 1.50 bits per heavy atom. The lowest BCUT2D eigenvalue weighted by Crippen LogP contribution is -2.04. The summed E-state index contributed by atoms with van der Waals surface area (Å²) in [4.78, 5) is 0. The van der Waals surface area contributed by atoms with Crippen LogP contribution < -0.4 is 0 Å². The van der Waals surface area contributed by atoms with Crippen LogP contribution >= 0.6 is 15.9 Å². The minimum absolute atomic E-state index is 0.0666. The van der Waals surface area contributed by atoms with E-state index in [1.165, 1.54) is 6.92 Å². The Labute approximate surface area is 88.3 Å². The van der Waals surface area contributed by atoms with Gasteiger partial charge in [0, 0.05) is 18.1 Å². The van der Waals surface area contributed by atoms with Gasteiger partial charge in [-0.05, 0) is 22.0 Å². The smallest absolute Gasteiger partial charge is 0.166 e. The quantitative estimate of drug-likeness (QED) is 0.808. The number of hydrogen-bond donors (Lipinski definition) is 2. The van der Waals surface area contributed by atoms with E-state index in [0.717, 1.165) is 6.07 Å². The third-order valence-corrected chi connectivity index (χ3v) is 2.52. The molecule has 1 aromatic rings. The molecule has 0 aliphatic rings. The number of phenolic OH excluding ortho intramolecular Hbond substituents is 1. The Kier molecular flexibility index (Phi) is 3.44. The lowest BCUT2D eigenvalue weighted by Gasteiger charge is -2.13. The van der Waals surface area contributed by atoms with Crippen LogP contribution in [0.5, 0.6) is 5.75 Å². The monoisotopic (exact) mass is 266 g/mol. The Morgan fingerprint density at radius 3 is 2.57 bits per heavy atom. The van der Waals surface area contributed by atoms with Crippen molar-refractivity contribution in [3.63, 3.8) is 0 Å². The molecule has 2 nitrogen and oxygen atoms in total. The first-order chi connectivity index (χ1) is 6.49. The maximum Gasteiger partial charge on any atom is 0.166 e. The molecular weight excluding hydrogens is 258 g/mol. The van der Waals surface area contributed by atoms with Crippen molar-refractivity contribution >= 4 is 15.9 Å². The average Bonchev–Trinajstić information content (AvgIpc) is 2.15. The van der Waals surface area contributed by atoms with Gasteiger partial charge in [0.1, 0.15) is 5.82 Å². The molecule has 0 amide bonds. The van der Waals surface area contributed by atoms with Crippen LogP contribution in [0.2, 0.25) is 0 Å². The molecule has 0 heterocycles. The van der Waals surface area contributed by atoms with E-state index in [4.69, 9.17) is 5.11 Å². The predicted molar refractivity (Wildman–Crippen MR) is 51.2 cm³/mol. The molecular formula is C9H9BrF2O2. The van der Waals surface area contributed by atoms with Crippen molar-refractivity contribution in [3.05, 3.63) is 27.7 Å². The van der Waals surface area contributed by atoms with Gasteiger partial charge in [-0.25, -0.2) is 8.78 Å². The summed E-state index contributed by atoms with van der Waals surface area (Å²) in [6, 6.07) is 0.845. The molecule has 0 aromatic heterocycles. The molecule has 78 valence electrons. The van der Waals surface area contributed by atoms with Gasteiger partial charge in [0.2, 0.25) is 0 Å². The second-order valence-corrected chi connectivity index (χ2v) is 3.85. The first-order valence-corrected chi connectivity index (χ1v) is 4.75. The first-order valence-electron chi connectivity index (χ1n) is 3.96. The van der Waals surface area contributed by atoms with Crippen molar-refractivity contribution in [2.45, 2.75) is 12.8 Å². The predicted octanol–water partition coefficient (Wildman–Crippen LogP) is 2.53. The van der Waals surface area contributed by atoms with Gasteiger partial charge in [-0.15, -0.1) is 0 Å². The zero-order valence-corrected chi connectivity index (χ0v) is 8.98. The van der Waals surface area contributed by atoms with Crippen molar-refractivity contribution in [1.82, 2.24) is 0 Å². The maximum absolute atomic E-state index is 13.4. The number of aromatic hydroxyl groups is 1. The largest absolute Gasteiger partial charge is 0.505 e. The van der Waals surface area contributed by atoms with Crippen LogP contribution in [0.4, 0.5) is 8.78 Å². The number of hydrogen-bond acceptors (Lipinski definition) is 2. The van der Waals surface area contributed by atoms with Crippen molar-refractivity contribution < 1.29 is 19.0 Å². The van der Waals surface area contributed by atoms with Gasteiger partial charge in [0.05, 0.1) is 4.47 Å². The molecule has 0 aliphatic heterocycles. The fourth-order valence-electron chi connectivity index (χ4n) is 1.15. The van der Waals surface area contributed by atoms with E-state index in [1.54, 1.807) is 0 Å². The van der Waals surface area contributed by atoms with Gasteiger partial charge >= 0.3 is 0 Å². The van der Waals surface area contributed by atoms with E-state index in [9.17, 15) is 13.9 Å². The summed E-state index contributed by atoms with van der Waals surface area (Å²) in [6.07, 6.45) is 0. The van der Waals surface area contributed by atoms with Gasteiger partial charge in [0.25, 0.3) is 0 Å². The van der Waals surface area contributed by atoms with Crippen molar-refractivity contribution in [3.8, 4) is 5.75 Å². The van der Waals surface area contributed by atoms with Crippen LogP contribution in [0.15, 0.2) is 10.5 Å². The van der Waals surface area contributed by atoms with Crippen LogP contribution in [0.25, 0.3) is 0 Å². The number of rotatable bonds is 2. The molecule has 1 atom stereocenters.